The Balaban J connectivity index is 4.80. The average Bonchev–Trinajstić information content (AvgIpc) is 3.15. The van der Waals surface area contributed by atoms with E-state index in [0.717, 1.165) is 108 Å². The Hall–Kier alpha value is -1.44. The van der Waals surface area contributed by atoms with Gasteiger partial charge < -0.3 is 29.4 Å². The van der Waals surface area contributed by atoms with E-state index in [1.54, 1.807) is 0 Å². The highest BCUT2D eigenvalue weighted by molar-refractivity contribution is 7.81. The van der Waals surface area contributed by atoms with Crippen LogP contribution in [0.4, 0.5) is 0 Å². The number of rotatable bonds is 24. The minimum atomic E-state index is 0.625. The summed E-state index contributed by atoms with van der Waals surface area (Å²) in [6.45, 7) is 36.4. The van der Waals surface area contributed by atoms with E-state index in [-0.39, 0.29) is 0 Å². The zero-order valence-corrected chi connectivity index (χ0v) is 40.8. The fourth-order valence-corrected chi connectivity index (χ4v) is 9.82. The fourth-order valence-electron chi connectivity index (χ4n) is 7.41. The average molecular weight is 853 g/mol. The smallest absolute Gasteiger partial charge is 0.0823 e. The lowest BCUT2D eigenvalue weighted by molar-refractivity contribution is 0.462. The summed E-state index contributed by atoms with van der Waals surface area (Å²) in [6, 6.07) is 0. The summed E-state index contributed by atoms with van der Waals surface area (Å²) in [6.07, 6.45) is 3.75. The molecular formula is C42H72N6S6. The Morgan fingerprint density at radius 3 is 0.407 bits per heavy atom. The van der Waals surface area contributed by atoms with Gasteiger partial charge in [-0.05, 0) is 116 Å². The van der Waals surface area contributed by atoms with Gasteiger partial charge in [0.25, 0.3) is 0 Å². The zero-order chi connectivity index (χ0) is 41.1. The van der Waals surface area contributed by atoms with Crippen LogP contribution in [-0.4, -0.2) is 138 Å². The number of nitrogens with zero attached hydrogens (tertiary/aromatic N) is 6. The molecule has 1 aromatic carbocycles. The van der Waals surface area contributed by atoms with Crippen molar-refractivity contribution in [3.8, 4) is 0 Å². The predicted octanol–water partition coefficient (Wildman–Crippen LogP) is 8.96. The van der Waals surface area contributed by atoms with Gasteiger partial charge >= 0.3 is 0 Å². The van der Waals surface area contributed by atoms with Crippen molar-refractivity contribution in [3.63, 3.8) is 0 Å². The summed E-state index contributed by atoms with van der Waals surface area (Å²) >= 11 is 38.0. The van der Waals surface area contributed by atoms with E-state index in [4.69, 9.17) is 73.3 Å². The van der Waals surface area contributed by atoms with E-state index in [0.29, 0.717) is 38.5 Å². The molecule has 54 heavy (non-hydrogen) atoms. The summed E-state index contributed by atoms with van der Waals surface area (Å²) < 4.78 is 0. The first-order valence-electron chi connectivity index (χ1n) is 20.6. The quantitative estimate of drug-likeness (QED) is 0.0927. The molecule has 12 heteroatoms. The molecule has 0 aliphatic carbocycles. The van der Waals surface area contributed by atoms with Crippen LogP contribution in [0.15, 0.2) is 0 Å². The summed E-state index contributed by atoms with van der Waals surface area (Å²) in [7, 11) is 0. The van der Waals surface area contributed by atoms with Crippen molar-refractivity contribution in [2.75, 3.05) is 78.5 Å². The van der Waals surface area contributed by atoms with Crippen LogP contribution in [-0.2, 0) is 38.5 Å². The van der Waals surface area contributed by atoms with Crippen LogP contribution in [0.25, 0.3) is 0 Å². The summed E-state index contributed by atoms with van der Waals surface area (Å²) in [5, 5.41) is 0. The van der Waals surface area contributed by atoms with Crippen LogP contribution in [0.1, 0.15) is 116 Å². The monoisotopic (exact) mass is 852 g/mol. The minimum absolute atomic E-state index is 0.625. The van der Waals surface area contributed by atoms with E-state index in [2.05, 4.69) is 112 Å². The molecule has 306 valence electrons. The maximum Gasteiger partial charge on any atom is 0.0823 e. The summed E-state index contributed by atoms with van der Waals surface area (Å²) in [4.78, 5) is 19.4. The van der Waals surface area contributed by atoms with Crippen molar-refractivity contribution in [1.29, 1.82) is 0 Å². The first-order chi connectivity index (χ1) is 25.7. The van der Waals surface area contributed by atoms with Gasteiger partial charge in [0.15, 0.2) is 0 Å². The second-order valence-corrected chi connectivity index (χ2v) is 16.2. The Bertz CT molecular complexity index is 1110. The largest absolute Gasteiger partial charge is 0.366 e. The van der Waals surface area contributed by atoms with Crippen molar-refractivity contribution in [2.45, 2.75) is 122 Å². The summed E-state index contributed by atoms with van der Waals surface area (Å²) in [5.74, 6) is 0. The van der Waals surface area contributed by atoms with Gasteiger partial charge in [0.1, 0.15) is 0 Å². The third-order valence-corrected chi connectivity index (χ3v) is 13.3. The van der Waals surface area contributed by atoms with Crippen LogP contribution >= 0.6 is 73.3 Å². The van der Waals surface area contributed by atoms with Gasteiger partial charge in [-0.3, -0.25) is 0 Å². The molecule has 0 aromatic heterocycles. The SMILES string of the molecule is CCN(CC)C(=S)Cc1c(CC(=S)N(CC)CC)c(CC(=S)N(CC)CC)c(CC(=S)N(CC)CC)c(CC(=S)N(CC)CC)c1CC(=S)N(CC)CC. The standard InChI is InChI=1S/C42H72N6S6/c1-13-43(14-2)37(49)25-31-32(26-38(50)44(15-3)16-4)34(28-40(52)46(19-7)20-8)36(30-42(54)48(23-11)24-12)35(29-41(53)47(21-9)22-10)33(31)27-39(51)45(17-5)18-6/h13-30H2,1-12H3. The first-order valence-corrected chi connectivity index (χ1v) is 23.0. The molecule has 1 rings (SSSR count). The lowest BCUT2D eigenvalue weighted by Gasteiger charge is -2.34. The van der Waals surface area contributed by atoms with Gasteiger partial charge in [-0.15, -0.1) is 0 Å². The predicted molar refractivity (Wildman–Crippen MR) is 262 cm³/mol. The van der Waals surface area contributed by atoms with E-state index < -0.39 is 0 Å². The maximum absolute atomic E-state index is 6.33. The summed E-state index contributed by atoms with van der Waals surface area (Å²) in [5.41, 5.74) is 7.43. The van der Waals surface area contributed by atoms with Crippen molar-refractivity contribution >= 4 is 103 Å². The van der Waals surface area contributed by atoms with Gasteiger partial charge in [0.05, 0.1) is 29.9 Å². The molecule has 0 heterocycles. The molecule has 0 bridgehead atoms. The highest BCUT2D eigenvalue weighted by atomic mass is 32.1. The van der Waals surface area contributed by atoms with Crippen molar-refractivity contribution < 1.29 is 0 Å². The number of hydrogen-bond acceptors (Lipinski definition) is 6. The van der Waals surface area contributed by atoms with Gasteiger partial charge in [-0.1, -0.05) is 73.3 Å². The van der Waals surface area contributed by atoms with Gasteiger partial charge in [0, 0.05) is 117 Å². The van der Waals surface area contributed by atoms with E-state index >= 15 is 0 Å². The van der Waals surface area contributed by atoms with Gasteiger partial charge in [0.2, 0.25) is 0 Å². The van der Waals surface area contributed by atoms with Crippen LogP contribution in [0.3, 0.4) is 0 Å². The molecule has 0 spiro atoms. The van der Waals surface area contributed by atoms with E-state index in [1.807, 2.05) is 0 Å². The topological polar surface area (TPSA) is 19.4 Å². The van der Waals surface area contributed by atoms with Crippen LogP contribution in [0.2, 0.25) is 0 Å². The van der Waals surface area contributed by atoms with Gasteiger partial charge in [-0.25, -0.2) is 0 Å². The lowest BCUT2D eigenvalue weighted by atomic mass is 9.79. The first kappa shape index (κ1) is 50.6. The minimum Gasteiger partial charge on any atom is -0.366 e. The molecule has 1 aromatic rings. The van der Waals surface area contributed by atoms with Crippen LogP contribution in [0.5, 0.6) is 0 Å². The van der Waals surface area contributed by atoms with E-state index in [9.17, 15) is 0 Å². The van der Waals surface area contributed by atoms with Crippen molar-refractivity contribution in [1.82, 2.24) is 29.4 Å². The van der Waals surface area contributed by atoms with Crippen molar-refractivity contribution in [3.05, 3.63) is 33.4 Å². The molecule has 0 N–H and O–H groups in total. The Labute approximate surface area is 363 Å². The molecule has 0 aliphatic rings. The number of hydrogen-bond donors (Lipinski definition) is 0. The second kappa shape index (κ2) is 26.5. The fraction of sp³-hybridized carbons (Fsp3) is 0.714. The van der Waals surface area contributed by atoms with Gasteiger partial charge in [-0.2, -0.15) is 0 Å². The highest BCUT2D eigenvalue weighted by Gasteiger charge is 2.30. The third kappa shape index (κ3) is 13.9. The van der Waals surface area contributed by atoms with Crippen molar-refractivity contribution in [2.24, 2.45) is 0 Å². The molecule has 6 nitrogen and oxygen atoms in total. The third-order valence-electron chi connectivity index (χ3n) is 10.9. The number of likely N-dealkylation sites (N-methyl/N-ethyl adjacent to an activating group) is 6. The second-order valence-electron chi connectivity index (χ2n) is 13.3. The molecule has 0 saturated carbocycles. The zero-order valence-electron chi connectivity index (χ0n) is 35.9. The molecule has 0 amide bonds. The molecule has 0 saturated heterocycles. The Kier molecular flexibility index (Phi) is 24.8. The molecule has 0 atom stereocenters. The van der Waals surface area contributed by atoms with Crippen LogP contribution in [0, 0.1) is 0 Å². The molecule has 0 radical (unpaired) electrons. The lowest BCUT2D eigenvalue weighted by Crippen LogP contribution is -2.37. The Morgan fingerprint density at radius 2 is 0.333 bits per heavy atom. The molecule has 0 aliphatic heterocycles. The molecule has 0 fully saturated rings. The highest BCUT2D eigenvalue weighted by Crippen LogP contribution is 2.35. The maximum atomic E-state index is 6.33. The molecule has 0 unspecified atom stereocenters. The Morgan fingerprint density at radius 1 is 0.241 bits per heavy atom. The number of benzene rings is 1. The normalized spacial score (nSPS) is 10.9. The number of thiocarbonyl (C=S) groups is 6. The van der Waals surface area contributed by atoms with E-state index in [1.165, 1.54) is 33.4 Å². The van der Waals surface area contributed by atoms with Crippen LogP contribution < -0.4 is 0 Å². The molecular weight excluding hydrogens is 781 g/mol.